The number of furan rings is 1. The van der Waals surface area contributed by atoms with Gasteiger partial charge >= 0.3 is 0 Å². The highest BCUT2D eigenvalue weighted by atomic mass is 32.1. The summed E-state index contributed by atoms with van der Waals surface area (Å²) in [5, 5.41) is 6.68. The van der Waals surface area contributed by atoms with E-state index in [2.05, 4.69) is 53.1 Å². The van der Waals surface area contributed by atoms with Crippen molar-refractivity contribution in [3.63, 3.8) is 0 Å². The van der Waals surface area contributed by atoms with Crippen LogP contribution in [0.5, 0.6) is 0 Å². The van der Waals surface area contributed by atoms with Crippen LogP contribution in [0.4, 0.5) is 5.69 Å². The normalized spacial score (nSPS) is 12.2. The van der Waals surface area contributed by atoms with Gasteiger partial charge in [-0.1, -0.05) is 12.1 Å². The van der Waals surface area contributed by atoms with E-state index in [1.807, 2.05) is 35.3 Å². The van der Waals surface area contributed by atoms with Crippen LogP contribution in [0.25, 0.3) is 11.5 Å². The van der Waals surface area contributed by atoms with Crippen LogP contribution in [0, 0.1) is 0 Å². The molecule has 136 valence electrons. The van der Waals surface area contributed by atoms with Crippen molar-refractivity contribution < 1.29 is 4.42 Å². The van der Waals surface area contributed by atoms with Gasteiger partial charge in [0.1, 0.15) is 5.69 Å². The van der Waals surface area contributed by atoms with E-state index in [0.717, 1.165) is 34.9 Å². The van der Waals surface area contributed by atoms with E-state index in [0.29, 0.717) is 6.54 Å². The Kier molecular flexibility index (Phi) is 6.07. The van der Waals surface area contributed by atoms with E-state index in [-0.39, 0.29) is 0 Å². The Labute approximate surface area is 157 Å². The number of aromatic nitrogens is 1. The molecule has 5 nitrogen and oxygen atoms in total. The lowest BCUT2D eigenvalue weighted by Gasteiger charge is -2.20. The molecule has 3 rings (SSSR count). The molecule has 3 aromatic rings. The molecule has 0 aliphatic rings. The van der Waals surface area contributed by atoms with Crippen molar-refractivity contribution in [2.24, 2.45) is 10.1 Å². The molecule has 0 saturated carbocycles. The lowest BCUT2D eigenvalue weighted by Crippen LogP contribution is -2.21. The first kappa shape index (κ1) is 18.2. The van der Waals surface area contributed by atoms with Gasteiger partial charge in [-0.3, -0.25) is 4.99 Å². The first-order valence-corrected chi connectivity index (χ1v) is 9.79. The first-order valence-electron chi connectivity index (χ1n) is 8.91. The Hall–Kier alpha value is -2.60. The van der Waals surface area contributed by atoms with Crippen LogP contribution < -0.4 is 9.70 Å². The number of hydrogen-bond donors (Lipinski definition) is 0. The Bertz CT molecular complexity index is 900. The molecule has 2 aromatic heterocycles. The third-order valence-electron chi connectivity index (χ3n) is 4.10. The smallest absolute Gasteiger partial charge is 0.206 e. The number of benzene rings is 1. The van der Waals surface area contributed by atoms with Gasteiger partial charge in [-0.2, -0.15) is 5.10 Å². The molecule has 0 amide bonds. The highest BCUT2D eigenvalue weighted by Gasteiger charge is 2.09. The topological polar surface area (TPSA) is 46.0 Å². The highest BCUT2D eigenvalue weighted by molar-refractivity contribution is 7.07. The molecule has 0 fully saturated rings. The maximum absolute atomic E-state index is 5.54. The fraction of sp³-hybridized carbons (Fsp3) is 0.300. The van der Waals surface area contributed by atoms with E-state index in [4.69, 9.17) is 4.42 Å². The van der Waals surface area contributed by atoms with Crippen LogP contribution >= 0.6 is 11.3 Å². The molecular formula is C20H24N4OS. The average molecular weight is 369 g/mol. The van der Waals surface area contributed by atoms with Gasteiger partial charge in [0.2, 0.25) is 4.80 Å². The van der Waals surface area contributed by atoms with E-state index in [9.17, 15) is 0 Å². The zero-order chi connectivity index (χ0) is 18.4. The molecular weight excluding hydrogens is 344 g/mol. The fourth-order valence-electron chi connectivity index (χ4n) is 2.73. The van der Waals surface area contributed by atoms with Crippen LogP contribution in [0.2, 0.25) is 0 Å². The summed E-state index contributed by atoms with van der Waals surface area (Å²) < 4.78 is 7.37. The number of thiazole rings is 1. The van der Waals surface area contributed by atoms with Gasteiger partial charge in [0.05, 0.1) is 12.5 Å². The summed E-state index contributed by atoms with van der Waals surface area (Å²) in [6.45, 7) is 9.08. The van der Waals surface area contributed by atoms with Gasteiger partial charge in [-0.05, 0) is 50.6 Å². The summed E-state index contributed by atoms with van der Waals surface area (Å²) >= 11 is 1.56. The maximum Gasteiger partial charge on any atom is 0.206 e. The van der Waals surface area contributed by atoms with Crippen molar-refractivity contribution in [3.8, 4) is 11.5 Å². The number of anilines is 1. The molecule has 0 aliphatic carbocycles. The first-order chi connectivity index (χ1) is 12.8. The molecule has 2 heterocycles. The Morgan fingerprint density at radius 1 is 1.12 bits per heavy atom. The van der Waals surface area contributed by atoms with Crippen molar-refractivity contribution in [1.82, 2.24) is 4.68 Å². The third-order valence-corrected chi connectivity index (χ3v) is 4.95. The molecule has 0 bridgehead atoms. The Morgan fingerprint density at radius 3 is 2.50 bits per heavy atom. The van der Waals surface area contributed by atoms with Crippen LogP contribution in [0.1, 0.15) is 26.3 Å². The summed E-state index contributed by atoms with van der Waals surface area (Å²) in [5.41, 5.74) is 3.18. The van der Waals surface area contributed by atoms with E-state index < -0.39 is 0 Å². The SMILES string of the molecule is CCN=c1scc(-c2ccco2)n1N=Cc1ccc(N(CC)CC)cc1. The quantitative estimate of drug-likeness (QED) is 0.578. The Morgan fingerprint density at radius 2 is 1.88 bits per heavy atom. The van der Waals surface area contributed by atoms with Gasteiger partial charge in [-0.15, -0.1) is 11.3 Å². The predicted octanol–water partition coefficient (Wildman–Crippen LogP) is 4.46. The zero-order valence-corrected chi connectivity index (χ0v) is 16.2. The zero-order valence-electron chi connectivity index (χ0n) is 15.4. The summed E-state index contributed by atoms with van der Waals surface area (Å²) in [6, 6.07) is 12.3. The van der Waals surface area contributed by atoms with Crippen molar-refractivity contribution in [1.29, 1.82) is 0 Å². The summed E-state index contributed by atoms with van der Waals surface area (Å²) in [5.74, 6) is 0.785. The number of rotatable bonds is 7. The van der Waals surface area contributed by atoms with Gasteiger partial charge in [0, 0.05) is 30.7 Å². The standard InChI is InChI=1S/C20H24N4OS/c1-4-21-20-24(18(15-26-20)19-8-7-13-25-19)22-14-16-9-11-17(12-10-16)23(5-2)6-3/h7-15H,4-6H2,1-3H3. The summed E-state index contributed by atoms with van der Waals surface area (Å²) in [7, 11) is 0. The van der Waals surface area contributed by atoms with Crippen LogP contribution in [-0.4, -0.2) is 30.5 Å². The minimum atomic E-state index is 0.714. The molecule has 26 heavy (non-hydrogen) atoms. The summed E-state index contributed by atoms with van der Waals surface area (Å²) in [6.07, 6.45) is 3.53. The van der Waals surface area contributed by atoms with E-state index in [1.54, 1.807) is 17.6 Å². The van der Waals surface area contributed by atoms with Crippen molar-refractivity contribution >= 4 is 23.2 Å². The predicted molar refractivity (Wildman–Crippen MR) is 109 cm³/mol. The third kappa shape index (κ3) is 3.96. The fourth-order valence-corrected chi connectivity index (χ4v) is 3.62. The Balaban J connectivity index is 1.91. The maximum atomic E-state index is 5.54. The number of hydrogen-bond acceptors (Lipinski definition) is 5. The van der Waals surface area contributed by atoms with Crippen molar-refractivity contribution in [2.75, 3.05) is 24.5 Å². The molecule has 0 spiro atoms. The molecule has 6 heteroatoms. The van der Waals surface area contributed by atoms with Crippen molar-refractivity contribution in [2.45, 2.75) is 20.8 Å². The molecule has 0 N–H and O–H groups in total. The molecule has 0 radical (unpaired) electrons. The van der Waals surface area contributed by atoms with Crippen LogP contribution in [0.3, 0.4) is 0 Å². The van der Waals surface area contributed by atoms with Gasteiger partial charge in [0.25, 0.3) is 0 Å². The summed E-state index contributed by atoms with van der Waals surface area (Å²) in [4.78, 5) is 7.71. The molecule has 1 aromatic carbocycles. The highest BCUT2D eigenvalue weighted by Crippen LogP contribution is 2.20. The molecule has 0 saturated heterocycles. The second-order valence-corrected chi connectivity index (χ2v) is 6.51. The van der Waals surface area contributed by atoms with Crippen LogP contribution in [-0.2, 0) is 0 Å². The van der Waals surface area contributed by atoms with Crippen LogP contribution in [0.15, 0.2) is 62.6 Å². The monoisotopic (exact) mass is 368 g/mol. The lowest BCUT2D eigenvalue weighted by atomic mass is 10.2. The average Bonchev–Trinajstić information content (AvgIpc) is 3.32. The van der Waals surface area contributed by atoms with Gasteiger partial charge in [-0.25, -0.2) is 4.68 Å². The largest absolute Gasteiger partial charge is 0.463 e. The minimum absolute atomic E-state index is 0.714. The molecule has 0 aliphatic heterocycles. The number of nitrogens with zero attached hydrogens (tertiary/aromatic N) is 4. The minimum Gasteiger partial charge on any atom is -0.463 e. The van der Waals surface area contributed by atoms with E-state index >= 15 is 0 Å². The van der Waals surface area contributed by atoms with E-state index in [1.165, 1.54) is 5.69 Å². The molecule has 0 unspecified atom stereocenters. The second-order valence-electron chi connectivity index (χ2n) is 5.68. The second kappa shape index (κ2) is 8.67. The van der Waals surface area contributed by atoms with Crippen molar-refractivity contribution in [3.05, 3.63) is 58.4 Å². The van der Waals surface area contributed by atoms with Gasteiger partial charge < -0.3 is 9.32 Å². The lowest BCUT2D eigenvalue weighted by molar-refractivity contribution is 0.575. The van der Waals surface area contributed by atoms with Gasteiger partial charge in [0.15, 0.2) is 5.76 Å². The molecule has 0 atom stereocenters.